The Morgan fingerprint density at radius 1 is 1.14 bits per heavy atom. The maximum Gasteiger partial charge on any atom is 0.261 e. The molecule has 156 valence electrons. The lowest BCUT2D eigenvalue weighted by Crippen LogP contribution is -2.49. The molecule has 0 aliphatic carbocycles. The molecule has 6 nitrogen and oxygen atoms in total. The topological polar surface area (TPSA) is 67.9 Å². The Kier molecular flexibility index (Phi) is 8.80. The number of hydrogen-bond acceptors (Lipinski definition) is 4. The van der Waals surface area contributed by atoms with Gasteiger partial charge in [-0.25, -0.2) is 0 Å². The molecule has 1 N–H and O–H groups in total. The number of nitrogens with zero attached hydrogens (tertiary/aromatic N) is 1. The zero-order valence-corrected chi connectivity index (χ0v) is 17.7. The van der Waals surface area contributed by atoms with E-state index in [0.717, 1.165) is 12.0 Å². The lowest BCUT2D eigenvalue weighted by Gasteiger charge is -2.28. The van der Waals surface area contributed by atoms with Crippen LogP contribution in [0, 0.1) is 0 Å². The molecule has 0 aliphatic rings. The van der Waals surface area contributed by atoms with Gasteiger partial charge in [-0.05, 0) is 49.2 Å². The quantitative estimate of drug-likeness (QED) is 0.639. The van der Waals surface area contributed by atoms with E-state index >= 15 is 0 Å². The first kappa shape index (κ1) is 22.6. The summed E-state index contributed by atoms with van der Waals surface area (Å²) >= 11 is 5.96. The van der Waals surface area contributed by atoms with E-state index in [2.05, 4.69) is 5.32 Å². The van der Waals surface area contributed by atoms with Gasteiger partial charge >= 0.3 is 0 Å². The van der Waals surface area contributed by atoms with Crippen LogP contribution in [0.5, 0.6) is 11.5 Å². The van der Waals surface area contributed by atoms with Gasteiger partial charge in [-0.3, -0.25) is 9.59 Å². The molecule has 7 heteroatoms. The molecule has 2 rings (SSSR count). The predicted octanol–water partition coefficient (Wildman–Crippen LogP) is 3.67. The second-order valence-corrected chi connectivity index (χ2v) is 7.02. The Morgan fingerprint density at radius 2 is 1.86 bits per heavy atom. The maximum absolute atomic E-state index is 12.9. The Bertz CT molecular complexity index is 828. The highest BCUT2D eigenvalue weighted by molar-refractivity contribution is 6.30. The van der Waals surface area contributed by atoms with Gasteiger partial charge < -0.3 is 19.7 Å². The molecule has 0 saturated heterocycles. The van der Waals surface area contributed by atoms with Gasteiger partial charge in [0.25, 0.3) is 5.91 Å². The van der Waals surface area contributed by atoms with Crippen molar-refractivity contribution in [2.45, 2.75) is 32.9 Å². The van der Waals surface area contributed by atoms with Crippen LogP contribution in [0.25, 0.3) is 0 Å². The van der Waals surface area contributed by atoms with Crippen LogP contribution < -0.4 is 14.8 Å². The molecule has 0 saturated carbocycles. The van der Waals surface area contributed by atoms with Crippen molar-refractivity contribution in [2.24, 2.45) is 0 Å². The molecule has 2 aromatic carbocycles. The first-order valence-electron chi connectivity index (χ1n) is 9.53. The van der Waals surface area contributed by atoms with Crippen molar-refractivity contribution in [3.05, 3.63) is 59.1 Å². The first-order valence-corrected chi connectivity index (χ1v) is 9.90. The summed E-state index contributed by atoms with van der Waals surface area (Å²) in [5, 5.41) is 3.36. The van der Waals surface area contributed by atoms with Crippen molar-refractivity contribution in [3.63, 3.8) is 0 Å². The van der Waals surface area contributed by atoms with Crippen LogP contribution in [0.3, 0.4) is 0 Å². The normalized spacial score (nSPS) is 11.4. The van der Waals surface area contributed by atoms with E-state index in [1.807, 2.05) is 31.2 Å². The second-order valence-electron chi connectivity index (χ2n) is 6.59. The number of ether oxygens (including phenoxy) is 2. The molecule has 0 bridgehead atoms. The van der Waals surface area contributed by atoms with Crippen molar-refractivity contribution < 1.29 is 19.1 Å². The van der Waals surface area contributed by atoms with Crippen LogP contribution in [-0.4, -0.2) is 43.0 Å². The summed E-state index contributed by atoms with van der Waals surface area (Å²) in [4.78, 5) is 26.9. The van der Waals surface area contributed by atoms with E-state index in [1.54, 1.807) is 38.3 Å². The molecule has 0 fully saturated rings. The fourth-order valence-corrected chi connectivity index (χ4v) is 2.91. The van der Waals surface area contributed by atoms with E-state index in [9.17, 15) is 9.59 Å². The lowest BCUT2D eigenvalue weighted by atomic mass is 10.1. The van der Waals surface area contributed by atoms with Crippen LogP contribution >= 0.6 is 11.6 Å². The third-order valence-electron chi connectivity index (χ3n) is 4.36. The number of carbonyl (C=O) groups excluding carboxylic acids is 2. The second kappa shape index (κ2) is 11.3. The molecular weight excluding hydrogens is 392 g/mol. The fraction of sp³-hybridized carbons (Fsp3) is 0.364. The van der Waals surface area contributed by atoms with E-state index < -0.39 is 6.04 Å². The summed E-state index contributed by atoms with van der Waals surface area (Å²) in [6, 6.07) is 13.6. The summed E-state index contributed by atoms with van der Waals surface area (Å²) < 4.78 is 10.8. The van der Waals surface area contributed by atoms with E-state index in [4.69, 9.17) is 21.1 Å². The highest BCUT2D eigenvalue weighted by atomic mass is 35.5. The van der Waals surface area contributed by atoms with Gasteiger partial charge in [0.2, 0.25) is 5.91 Å². The van der Waals surface area contributed by atoms with Crippen molar-refractivity contribution in [1.29, 1.82) is 0 Å². The standard InChI is InChI=1S/C22H27ClN2O4/c1-4-11-24-22(27)16(2)25(14-17-7-5-9-19(12-17)28-3)21(26)15-29-20-10-6-8-18(23)13-20/h5-10,12-13,16H,4,11,14-15H2,1-3H3,(H,24,27)/t16-/m0/s1. The Labute approximate surface area is 176 Å². The molecule has 0 radical (unpaired) electrons. The minimum atomic E-state index is -0.650. The molecule has 0 aliphatic heterocycles. The number of methoxy groups -OCH3 is 1. The number of nitrogens with one attached hydrogen (secondary N) is 1. The lowest BCUT2D eigenvalue weighted by molar-refractivity contribution is -0.142. The van der Waals surface area contributed by atoms with E-state index in [-0.39, 0.29) is 25.0 Å². The van der Waals surface area contributed by atoms with E-state index in [0.29, 0.717) is 23.1 Å². The molecule has 1 atom stereocenters. The zero-order valence-electron chi connectivity index (χ0n) is 17.0. The van der Waals surface area contributed by atoms with Crippen LogP contribution in [0.4, 0.5) is 0 Å². The van der Waals surface area contributed by atoms with Gasteiger partial charge in [0, 0.05) is 18.1 Å². The molecule has 2 aromatic rings. The van der Waals surface area contributed by atoms with Crippen LogP contribution in [0.1, 0.15) is 25.8 Å². The monoisotopic (exact) mass is 418 g/mol. The van der Waals surface area contributed by atoms with Gasteiger partial charge in [-0.1, -0.05) is 36.7 Å². The number of rotatable bonds is 10. The third-order valence-corrected chi connectivity index (χ3v) is 4.60. The summed E-state index contributed by atoms with van der Waals surface area (Å²) in [5.41, 5.74) is 0.857. The summed E-state index contributed by atoms with van der Waals surface area (Å²) in [6.07, 6.45) is 0.820. The molecule has 0 heterocycles. The summed E-state index contributed by atoms with van der Waals surface area (Å²) in [7, 11) is 1.59. The SMILES string of the molecule is CCCNC(=O)[C@H](C)N(Cc1cccc(OC)c1)C(=O)COc1cccc(Cl)c1. The highest BCUT2D eigenvalue weighted by Crippen LogP contribution is 2.19. The van der Waals surface area contributed by atoms with E-state index in [1.165, 1.54) is 4.90 Å². The van der Waals surface area contributed by atoms with Crippen molar-refractivity contribution >= 4 is 23.4 Å². The van der Waals surface area contributed by atoms with Crippen LogP contribution in [-0.2, 0) is 16.1 Å². The van der Waals surface area contributed by atoms with Crippen molar-refractivity contribution in [3.8, 4) is 11.5 Å². The number of halogens is 1. The number of amides is 2. The third kappa shape index (κ3) is 6.98. The van der Waals surface area contributed by atoms with Crippen LogP contribution in [0.15, 0.2) is 48.5 Å². The minimum absolute atomic E-state index is 0.199. The summed E-state index contributed by atoms with van der Waals surface area (Å²) in [6.45, 7) is 4.31. The largest absolute Gasteiger partial charge is 0.497 e. The molecule has 0 spiro atoms. The minimum Gasteiger partial charge on any atom is -0.497 e. The Balaban J connectivity index is 2.15. The van der Waals surface area contributed by atoms with Crippen molar-refractivity contribution in [2.75, 3.05) is 20.3 Å². The predicted molar refractivity (Wildman–Crippen MR) is 113 cm³/mol. The van der Waals surface area contributed by atoms with Gasteiger partial charge in [0.05, 0.1) is 7.11 Å². The average Bonchev–Trinajstić information content (AvgIpc) is 2.73. The number of carbonyl (C=O) groups is 2. The molecule has 2 amide bonds. The van der Waals surface area contributed by atoms with Gasteiger partial charge in [0.15, 0.2) is 6.61 Å². The number of benzene rings is 2. The van der Waals surface area contributed by atoms with Crippen molar-refractivity contribution in [1.82, 2.24) is 10.2 Å². The zero-order chi connectivity index (χ0) is 21.2. The maximum atomic E-state index is 12.9. The van der Waals surface area contributed by atoms with Gasteiger partial charge in [-0.2, -0.15) is 0 Å². The van der Waals surface area contributed by atoms with Gasteiger partial charge in [-0.15, -0.1) is 0 Å². The molecular formula is C22H27ClN2O4. The number of hydrogen-bond donors (Lipinski definition) is 1. The molecule has 29 heavy (non-hydrogen) atoms. The highest BCUT2D eigenvalue weighted by Gasteiger charge is 2.26. The summed E-state index contributed by atoms with van der Waals surface area (Å²) in [5.74, 6) is 0.682. The smallest absolute Gasteiger partial charge is 0.261 e. The molecule has 0 aromatic heterocycles. The van der Waals surface area contributed by atoms with Gasteiger partial charge in [0.1, 0.15) is 17.5 Å². The Hall–Kier alpha value is -2.73. The fourth-order valence-electron chi connectivity index (χ4n) is 2.73. The first-order chi connectivity index (χ1) is 13.9. The average molecular weight is 419 g/mol. The Morgan fingerprint density at radius 3 is 2.55 bits per heavy atom. The molecule has 0 unspecified atom stereocenters. The van der Waals surface area contributed by atoms with Crippen LogP contribution in [0.2, 0.25) is 5.02 Å².